The Hall–Kier alpha value is -2.86. The summed E-state index contributed by atoms with van der Waals surface area (Å²) in [4.78, 5) is 24.4. The summed E-state index contributed by atoms with van der Waals surface area (Å²) in [6.07, 6.45) is 3.04. The van der Waals surface area contributed by atoms with E-state index in [1.807, 2.05) is 30.3 Å². The summed E-state index contributed by atoms with van der Waals surface area (Å²) in [6, 6.07) is 17.1. The Morgan fingerprint density at radius 3 is 2.19 bits per heavy atom. The van der Waals surface area contributed by atoms with E-state index >= 15 is 0 Å². The quantitative estimate of drug-likeness (QED) is 0.538. The highest BCUT2D eigenvalue weighted by Crippen LogP contribution is 2.31. The van der Waals surface area contributed by atoms with E-state index in [0.717, 1.165) is 18.4 Å². The Bertz CT molecular complexity index is 762. The zero-order chi connectivity index (χ0) is 19.1. The molecule has 1 fully saturated rings. The Morgan fingerprint density at radius 1 is 0.926 bits per heavy atom. The molecule has 0 unspecified atom stereocenters. The highest BCUT2D eigenvalue weighted by Gasteiger charge is 2.35. The molecule has 0 heterocycles. The van der Waals surface area contributed by atoms with Crippen LogP contribution < -0.4 is 15.5 Å². The topological polar surface area (TPSA) is 87.7 Å². The van der Waals surface area contributed by atoms with Crippen molar-refractivity contribution in [2.24, 2.45) is 11.8 Å². The lowest BCUT2D eigenvalue weighted by Crippen LogP contribution is -2.40. The largest absolute Gasteiger partial charge is 0.489 e. The molecule has 2 aromatic carbocycles. The second kappa shape index (κ2) is 9.19. The monoisotopic (exact) mass is 368 g/mol. The maximum Gasteiger partial charge on any atom is 0.247 e. The summed E-state index contributed by atoms with van der Waals surface area (Å²) in [7, 11) is 0. The van der Waals surface area contributed by atoms with Crippen LogP contribution in [0.5, 0.6) is 5.75 Å². The number of anilines is 1. The van der Waals surface area contributed by atoms with E-state index in [9.17, 15) is 9.59 Å². The molecule has 1 saturated carbocycles. The fourth-order valence-corrected chi connectivity index (χ4v) is 3.45. The first-order chi connectivity index (χ1) is 13.2. The van der Waals surface area contributed by atoms with Crippen LogP contribution in [0.4, 0.5) is 5.69 Å². The molecule has 3 rings (SSSR count). The van der Waals surface area contributed by atoms with Gasteiger partial charge in [0.25, 0.3) is 0 Å². The summed E-state index contributed by atoms with van der Waals surface area (Å²) >= 11 is 0. The number of carbonyl (C=O) groups is 2. The molecule has 3 N–H and O–H groups in total. The lowest BCUT2D eigenvalue weighted by molar-refractivity contribution is -0.140. The molecule has 0 radical (unpaired) electrons. The summed E-state index contributed by atoms with van der Waals surface area (Å²) in [5, 5.41) is 11.8. The molecule has 142 valence electrons. The van der Waals surface area contributed by atoms with Gasteiger partial charge in [0.05, 0.1) is 5.92 Å². The van der Waals surface area contributed by atoms with Crippen molar-refractivity contribution in [3.05, 3.63) is 60.2 Å². The molecular formula is C21H24N2O4. The fraction of sp³-hybridized carbons (Fsp3) is 0.333. The molecule has 0 bridgehead atoms. The number of hydroxylamine groups is 1. The van der Waals surface area contributed by atoms with E-state index < -0.39 is 17.7 Å². The highest BCUT2D eigenvalue weighted by molar-refractivity contribution is 5.96. The van der Waals surface area contributed by atoms with E-state index in [2.05, 4.69) is 5.32 Å². The second-order valence-electron chi connectivity index (χ2n) is 6.76. The van der Waals surface area contributed by atoms with E-state index in [0.29, 0.717) is 30.9 Å². The molecule has 2 amide bonds. The SMILES string of the molecule is O=C(NO)[C@@H]1CCCC[C@H]1C(=O)Nc1ccc(OCc2ccccc2)cc1. The number of hydrogen-bond donors (Lipinski definition) is 3. The van der Waals surface area contributed by atoms with Gasteiger partial charge in [0.1, 0.15) is 12.4 Å². The average Bonchev–Trinajstić information content (AvgIpc) is 2.73. The standard InChI is InChI=1S/C21H24N2O4/c24-20(18-8-4-5-9-19(18)21(25)23-26)22-16-10-12-17(13-11-16)27-14-15-6-2-1-3-7-15/h1-3,6-7,10-13,18-19,26H,4-5,8-9,14H2,(H,22,24)(H,23,25)/t18-,19-/m1/s1. The van der Waals surface area contributed by atoms with Crippen molar-refractivity contribution in [1.82, 2.24) is 5.48 Å². The Balaban J connectivity index is 1.57. The van der Waals surface area contributed by atoms with Crippen LogP contribution in [-0.2, 0) is 16.2 Å². The maximum atomic E-state index is 12.6. The van der Waals surface area contributed by atoms with Gasteiger partial charge in [-0.15, -0.1) is 0 Å². The minimum Gasteiger partial charge on any atom is -0.489 e. The molecule has 0 spiro atoms. The zero-order valence-corrected chi connectivity index (χ0v) is 15.1. The van der Waals surface area contributed by atoms with Crippen molar-refractivity contribution in [2.45, 2.75) is 32.3 Å². The van der Waals surface area contributed by atoms with Crippen LogP contribution in [0.2, 0.25) is 0 Å². The van der Waals surface area contributed by atoms with Crippen molar-refractivity contribution in [3.63, 3.8) is 0 Å². The molecule has 0 saturated heterocycles. The summed E-state index contributed by atoms with van der Waals surface area (Å²) in [6.45, 7) is 0.479. The van der Waals surface area contributed by atoms with Gasteiger partial charge in [-0.05, 0) is 42.7 Å². The third kappa shape index (κ3) is 5.08. The molecule has 6 nitrogen and oxygen atoms in total. The van der Waals surface area contributed by atoms with Gasteiger partial charge in [0.15, 0.2) is 0 Å². The van der Waals surface area contributed by atoms with Gasteiger partial charge in [-0.3, -0.25) is 14.8 Å². The van der Waals surface area contributed by atoms with Gasteiger partial charge in [-0.1, -0.05) is 43.2 Å². The van der Waals surface area contributed by atoms with Crippen molar-refractivity contribution < 1.29 is 19.5 Å². The molecule has 0 aromatic heterocycles. The predicted octanol–water partition coefficient (Wildman–Crippen LogP) is 3.52. The fourth-order valence-electron chi connectivity index (χ4n) is 3.45. The number of nitrogens with one attached hydrogen (secondary N) is 2. The van der Waals surface area contributed by atoms with E-state index in [4.69, 9.17) is 9.94 Å². The zero-order valence-electron chi connectivity index (χ0n) is 15.1. The lowest BCUT2D eigenvalue weighted by atomic mass is 9.78. The molecule has 2 atom stereocenters. The minimum absolute atomic E-state index is 0.193. The minimum atomic E-state index is -0.489. The molecule has 6 heteroatoms. The van der Waals surface area contributed by atoms with Crippen molar-refractivity contribution in [1.29, 1.82) is 0 Å². The number of rotatable bonds is 6. The number of hydrogen-bond acceptors (Lipinski definition) is 4. The van der Waals surface area contributed by atoms with Gasteiger partial charge in [-0.25, -0.2) is 5.48 Å². The summed E-state index contributed by atoms with van der Waals surface area (Å²) in [5.74, 6) is -0.884. The third-order valence-corrected chi connectivity index (χ3v) is 4.92. The second-order valence-corrected chi connectivity index (χ2v) is 6.76. The number of benzene rings is 2. The van der Waals surface area contributed by atoms with Crippen LogP contribution in [0.1, 0.15) is 31.2 Å². The van der Waals surface area contributed by atoms with Crippen molar-refractivity contribution in [3.8, 4) is 5.75 Å². The first-order valence-corrected chi connectivity index (χ1v) is 9.19. The van der Waals surface area contributed by atoms with E-state index in [1.54, 1.807) is 29.7 Å². The van der Waals surface area contributed by atoms with Crippen LogP contribution in [0.25, 0.3) is 0 Å². The van der Waals surface area contributed by atoms with Gasteiger partial charge < -0.3 is 10.1 Å². The summed E-state index contributed by atoms with van der Waals surface area (Å²) in [5.41, 5.74) is 3.42. The van der Waals surface area contributed by atoms with E-state index in [1.165, 1.54) is 0 Å². The molecule has 0 aliphatic heterocycles. The number of carbonyl (C=O) groups excluding carboxylic acids is 2. The van der Waals surface area contributed by atoms with Crippen LogP contribution in [0.3, 0.4) is 0 Å². The van der Waals surface area contributed by atoms with Gasteiger partial charge in [0, 0.05) is 11.6 Å². The Morgan fingerprint density at radius 2 is 1.56 bits per heavy atom. The first kappa shape index (κ1) is 18.9. The third-order valence-electron chi connectivity index (χ3n) is 4.92. The average molecular weight is 368 g/mol. The Kier molecular flexibility index (Phi) is 6.44. The normalized spacial score (nSPS) is 19.1. The van der Waals surface area contributed by atoms with Crippen LogP contribution in [-0.4, -0.2) is 17.0 Å². The van der Waals surface area contributed by atoms with Crippen LogP contribution in [0.15, 0.2) is 54.6 Å². The first-order valence-electron chi connectivity index (χ1n) is 9.19. The number of amides is 2. The Labute approximate surface area is 158 Å². The highest BCUT2D eigenvalue weighted by atomic mass is 16.5. The van der Waals surface area contributed by atoms with Gasteiger partial charge >= 0.3 is 0 Å². The molecule has 27 heavy (non-hydrogen) atoms. The van der Waals surface area contributed by atoms with Crippen molar-refractivity contribution >= 4 is 17.5 Å². The molecule has 1 aliphatic carbocycles. The van der Waals surface area contributed by atoms with Gasteiger partial charge in [-0.2, -0.15) is 0 Å². The number of ether oxygens (including phenoxy) is 1. The molecular weight excluding hydrogens is 344 g/mol. The van der Waals surface area contributed by atoms with Crippen LogP contribution in [0, 0.1) is 11.8 Å². The lowest BCUT2D eigenvalue weighted by Gasteiger charge is -2.28. The smallest absolute Gasteiger partial charge is 0.247 e. The van der Waals surface area contributed by atoms with E-state index in [-0.39, 0.29) is 5.91 Å². The molecule has 1 aliphatic rings. The molecule has 2 aromatic rings. The van der Waals surface area contributed by atoms with Crippen LogP contribution >= 0.6 is 0 Å². The predicted molar refractivity (Wildman–Crippen MR) is 101 cm³/mol. The summed E-state index contributed by atoms with van der Waals surface area (Å²) < 4.78 is 5.74. The van der Waals surface area contributed by atoms with Gasteiger partial charge in [0.2, 0.25) is 11.8 Å². The van der Waals surface area contributed by atoms with Crippen molar-refractivity contribution in [2.75, 3.05) is 5.32 Å². The maximum absolute atomic E-state index is 12.6.